The molecule has 1 fully saturated rings. The van der Waals surface area contributed by atoms with Crippen LogP contribution in [0.1, 0.15) is 168 Å². The van der Waals surface area contributed by atoms with Gasteiger partial charge in [-0.1, -0.05) is 163 Å². The van der Waals surface area contributed by atoms with Crippen molar-refractivity contribution in [1.29, 1.82) is 0 Å². The number of unbranched alkanes of at least 4 members (excludes halogenated alkanes) is 13. The van der Waals surface area contributed by atoms with E-state index in [0.29, 0.717) is 25.7 Å². The number of carbonyl (C=O) groups is 2. The minimum atomic E-state index is -5.45. The molecule has 0 amide bonds. The van der Waals surface area contributed by atoms with E-state index in [-0.39, 0.29) is 18.7 Å². The Hall–Kier alpha value is -4.10. The quantitative estimate of drug-likeness (QED) is 0.0116. The fourth-order valence-corrected chi connectivity index (χ4v) is 9.53. The summed E-state index contributed by atoms with van der Waals surface area (Å²) in [7, 11) is -10.9. The lowest BCUT2D eigenvalue weighted by molar-refractivity contribution is -0.161. The van der Waals surface area contributed by atoms with Gasteiger partial charge in [-0.05, 0) is 76.7 Å². The summed E-state index contributed by atoms with van der Waals surface area (Å²) in [6.07, 6.45) is 41.4. The first-order valence-corrected chi connectivity index (χ1v) is 29.7. The largest absolute Gasteiger partial charge is 0.481 e. The van der Waals surface area contributed by atoms with Gasteiger partial charge < -0.3 is 45.1 Å². The zero-order valence-corrected chi connectivity index (χ0v) is 46.0. The summed E-state index contributed by atoms with van der Waals surface area (Å²) in [4.78, 5) is 62.0. The number of nitrogens with zero attached hydrogens (tertiary/aromatic N) is 2. The average molecular weight is 1100 g/mol. The van der Waals surface area contributed by atoms with E-state index in [1.165, 1.54) is 44.6 Å². The Morgan fingerprint density at radius 2 is 1.31 bits per heavy atom. The summed E-state index contributed by atoms with van der Waals surface area (Å²) in [5, 5.41) is 30.8. The third-order valence-corrected chi connectivity index (χ3v) is 14.2. The van der Waals surface area contributed by atoms with Gasteiger partial charge in [0, 0.05) is 19.0 Å². The Kier molecular flexibility index (Phi) is 36.7. The molecule has 1 aliphatic rings. The molecular weight excluding hydrogens is 1010 g/mol. The van der Waals surface area contributed by atoms with Crippen LogP contribution in [0.15, 0.2) is 102 Å². The normalized spacial score (nSPS) is 19.9. The van der Waals surface area contributed by atoms with Crippen molar-refractivity contribution in [2.45, 2.75) is 198 Å². The second kappa shape index (κ2) is 41.1. The van der Waals surface area contributed by atoms with Gasteiger partial charge in [0.15, 0.2) is 12.3 Å². The molecular formula is C54H87N3O16P2. The molecule has 19 nitrogen and oxygen atoms in total. The number of aromatic nitrogens is 2. The number of aliphatic hydroxyl groups excluding tert-OH is 3. The van der Waals surface area contributed by atoms with Gasteiger partial charge >= 0.3 is 33.3 Å². The van der Waals surface area contributed by atoms with Crippen molar-refractivity contribution < 1.29 is 71.4 Å². The molecule has 1 aromatic heterocycles. The Labute approximate surface area is 444 Å². The van der Waals surface area contributed by atoms with Crippen molar-refractivity contribution in [3.63, 3.8) is 0 Å². The predicted octanol–water partition coefficient (Wildman–Crippen LogP) is 10.4. The molecule has 0 bridgehead atoms. The van der Waals surface area contributed by atoms with Gasteiger partial charge in [0.25, 0.3) is 0 Å². The Bertz CT molecular complexity index is 2110. The Balaban J connectivity index is 1.83. The van der Waals surface area contributed by atoms with E-state index < -0.39 is 89.8 Å². The smallest absolute Gasteiger partial charge is 0.462 e. The molecule has 0 spiro atoms. The monoisotopic (exact) mass is 1100 g/mol. The molecule has 2 heterocycles. The molecule has 8 atom stereocenters. The van der Waals surface area contributed by atoms with Gasteiger partial charge in [-0.2, -0.15) is 9.29 Å². The molecule has 7 N–H and O–H groups in total. The summed E-state index contributed by atoms with van der Waals surface area (Å²) in [6.45, 7) is 1.87. The molecule has 1 saturated heterocycles. The van der Waals surface area contributed by atoms with Crippen molar-refractivity contribution in [1.82, 2.24) is 9.55 Å². The maximum absolute atomic E-state index is 12.9. The van der Waals surface area contributed by atoms with Gasteiger partial charge in [0.05, 0.1) is 19.3 Å². The van der Waals surface area contributed by atoms with E-state index in [2.05, 4.69) is 28.4 Å². The molecule has 424 valence electrons. The highest BCUT2D eigenvalue weighted by Crippen LogP contribution is 2.60. The fraction of sp³-hybridized carbons (Fsp3) is 0.630. The van der Waals surface area contributed by atoms with Crippen molar-refractivity contribution in [2.75, 3.05) is 25.6 Å². The molecule has 0 radical (unpaired) electrons. The number of hydrogen-bond donors (Lipinski definition) is 6. The number of phosphoric ester groups is 2. The molecule has 0 saturated carbocycles. The third kappa shape index (κ3) is 33.6. The maximum atomic E-state index is 12.9. The number of rotatable bonds is 43. The van der Waals surface area contributed by atoms with Gasteiger partial charge in [-0.25, -0.2) is 13.9 Å². The van der Waals surface area contributed by atoms with Crippen molar-refractivity contribution in [3.8, 4) is 0 Å². The maximum Gasteiger partial charge on any atom is 0.481 e. The number of aliphatic hydroxyl groups is 3. The van der Waals surface area contributed by atoms with E-state index >= 15 is 0 Å². The van der Waals surface area contributed by atoms with Crippen LogP contribution in [0, 0.1) is 0 Å². The second-order valence-electron chi connectivity index (χ2n) is 18.2. The summed E-state index contributed by atoms with van der Waals surface area (Å²) < 4.78 is 56.7. The highest BCUT2D eigenvalue weighted by Gasteiger charge is 2.46. The number of carbonyl (C=O) groups excluding carboxylic acids is 2. The van der Waals surface area contributed by atoms with Crippen LogP contribution < -0.4 is 11.4 Å². The highest BCUT2D eigenvalue weighted by atomic mass is 31.3. The van der Waals surface area contributed by atoms with Crippen molar-refractivity contribution in [3.05, 3.63) is 108 Å². The summed E-state index contributed by atoms with van der Waals surface area (Å²) in [5.74, 6) is -1.43. The van der Waals surface area contributed by atoms with Crippen molar-refractivity contribution in [2.24, 2.45) is 0 Å². The van der Waals surface area contributed by atoms with Gasteiger partial charge in [-0.15, -0.1) is 0 Å². The molecule has 75 heavy (non-hydrogen) atoms. The van der Waals surface area contributed by atoms with E-state index in [1.807, 2.05) is 73.8 Å². The first kappa shape index (κ1) is 67.0. The average Bonchev–Trinajstić information content (AvgIpc) is 3.64. The lowest BCUT2D eigenvalue weighted by atomic mass is 10.1. The van der Waals surface area contributed by atoms with Crippen LogP contribution in [0.2, 0.25) is 0 Å². The Morgan fingerprint density at radius 3 is 1.95 bits per heavy atom. The second-order valence-corrected chi connectivity index (χ2v) is 21.2. The first-order chi connectivity index (χ1) is 36.1. The first-order valence-electron chi connectivity index (χ1n) is 26.7. The van der Waals surface area contributed by atoms with Crippen LogP contribution in [0.25, 0.3) is 0 Å². The van der Waals surface area contributed by atoms with Crippen molar-refractivity contribution >= 4 is 33.4 Å². The van der Waals surface area contributed by atoms with Crippen LogP contribution in [0.5, 0.6) is 0 Å². The topological polar surface area (TPSA) is 286 Å². The van der Waals surface area contributed by atoms with Crippen LogP contribution in [0.3, 0.4) is 0 Å². The van der Waals surface area contributed by atoms with Gasteiger partial charge in [0.2, 0.25) is 0 Å². The molecule has 21 heteroatoms. The zero-order valence-electron chi connectivity index (χ0n) is 44.2. The van der Waals surface area contributed by atoms with E-state index in [0.717, 1.165) is 81.4 Å². The predicted molar refractivity (Wildman–Crippen MR) is 290 cm³/mol. The number of esters is 2. The van der Waals surface area contributed by atoms with Crippen LogP contribution >= 0.6 is 15.6 Å². The summed E-state index contributed by atoms with van der Waals surface area (Å²) in [5.41, 5.74) is 4.58. The molecule has 0 aromatic carbocycles. The van der Waals surface area contributed by atoms with E-state index in [1.54, 1.807) is 6.08 Å². The molecule has 0 aliphatic carbocycles. The molecule has 2 rings (SSSR count). The Morgan fingerprint density at radius 1 is 0.720 bits per heavy atom. The van der Waals surface area contributed by atoms with Gasteiger partial charge in [-0.3, -0.25) is 23.2 Å². The number of phosphoric acid groups is 2. The molecule has 1 aromatic rings. The number of anilines is 1. The number of ether oxygens (including phenoxy) is 3. The lowest BCUT2D eigenvalue weighted by Gasteiger charge is -2.21. The zero-order chi connectivity index (χ0) is 55.0. The minimum Gasteiger partial charge on any atom is -0.462 e. The number of nitrogen functional groups attached to an aromatic ring is 1. The SMILES string of the molecule is CC/C=C\CC(O)/C=C/C=C/C/C=C\C/C=C\C/C=C\CCC(=O)OC[C@H](COP(=O)(O)OP(=O)(O)OC[C@H]1O[C@@H](n2ccc(N)nc2=O)[C@H](O)[C@@H]1O)OC(=O)CCCCCCCCC/C=C\CCCCCCCC. The minimum absolute atomic E-state index is 0.0177. The lowest BCUT2D eigenvalue weighted by Crippen LogP contribution is -2.36. The molecule has 3 unspecified atom stereocenters. The molecule has 1 aliphatic heterocycles. The fourth-order valence-electron chi connectivity index (χ4n) is 7.42. The van der Waals surface area contributed by atoms with E-state index in [4.69, 9.17) is 29.0 Å². The van der Waals surface area contributed by atoms with Crippen LogP contribution in [0.4, 0.5) is 5.82 Å². The number of hydrogen-bond acceptors (Lipinski definition) is 16. The highest BCUT2D eigenvalue weighted by molar-refractivity contribution is 7.61. The van der Waals surface area contributed by atoms with Crippen LogP contribution in [-0.2, 0) is 46.3 Å². The summed E-state index contributed by atoms with van der Waals surface area (Å²) in [6, 6.07) is 1.24. The van der Waals surface area contributed by atoms with E-state index in [9.17, 15) is 48.6 Å². The number of allylic oxidation sites excluding steroid dienone is 12. The number of nitrogens with two attached hydrogens (primary N) is 1. The standard InChI is InChI=1S/C54H87N3O16P2/c1-3-5-7-8-9-10-11-12-13-14-15-18-22-25-28-31-35-39-50(60)71-46(42-68-49(59)38-34-30-27-24-21-19-16-17-20-23-26-29-33-37-45(58)36-32-6-4-2)43-69-74(64,65)73-75(66,67)70-44-47-51(61)52(62)53(72-47)57-41-40-48(55)56-54(57)63/h6,12-13,17,19-21,26-27,29-30,32-33,37,40-41,45-47,51-53,58,61-62H,3-5,7-11,14-16,18,22-25,28,31,34-36,38-39,42-44H2,1-2H3,(H,64,65)(H,66,67)(H2,55,56,63)/b13-12-,20-17-,21-19-,29-26+,30-27-,32-6-,37-33+/t45?,46-,47-,51-,52-,53-/m1/s1. The summed E-state index contributed by atoms with van der Waals surface area (Å²) >= 11 is 0. The third-order valence-electron chi connectivity index (χ3n) is 11.6. The van der Waals surface area contributed by atoms with Crippen LogP contribution in [-0.4, -0.2) is 96.9 Å². The van der Waals surface area contributed by atoms with Gasteiger partial charge in [0.1, 0.15) is 30.7 Å².